The van der Waals surface area contributed by atoms with Crippen LogP contribution in [0.1, 0.15) is 12.5 Å². The third-order valence-electron chi connectivity index (χ3n) is 5.38. The maximum Gasteiger partial charge on any atom is 0.264 e. The number of hydrogen-bond donors (Lipinski definition) is 1. The van der Waals surface area contributed by atoms with Crippen molar-refractivity contribution in [2.24, 2.45) is 0 Å². The van der Waals surface area contributed by atoms with E-state index in [2.05, 4.69) is 5.32 Å². The largest absolute Gasteiger partial charge is 0.357 e. The molecule has 2 amide bonds. The zero-order chi connectivity index (χ0) is 25.6. The van der Waals surface area contributed by atoms with E-state index in [-0.39, 0.29) is 23.0 Å². The summed E-state index contributed by atoms with van der Waals surface area (Å²) in [5.74, 6) is -0.945. The summed E-state index contributed by atoms with van der Waals surface area (Å²) in [7, 11) is -2.63. The number of nitrogens with zero attached hydrogens (tertiary/aromatic N) is 2. The van der Waals surface area contributed by atoms with Crippen LogP contribution < -0.4 is 9.62 Å². The van der Waals surface area contributed by atoms with Crippen molar-refractivity contribution in [1.29, 1.82) is 0 Å². The van der Waals surface area contributed by atoms with Gasteiger partial charge in [-0.3, -0.25) is 13.9 Å². The summed E-state index contributed by atoms with van der Waals surface area (Å²) >= 11 is 12.1. The fourth-order valence-electron chi connectivity index (χ4n) is 3.48. The Bertz CT molecular complexity index is 1290. The van der Waals surface area contributed by atoms with E-state index in [1.54, 1.807) is 61.5 Å². The number of nitrogens with one attached hydrogen (secondary N) is 1. The first-order valence-electron chi connectivity index (χ1n) is 10.7. The van der Waals surface area contributed by atoms with Gasteiger partial charge in [0, 0.05) is 23.6 Å². The molecule has 10 heteroatoms. The smallest absolute Gasteiger partial charge is 0.264 e. The first-order chi connectivity index (χ1) is 16.6. The van der Waals surface area contributed by atoms with Crippen LogP contribution in [-0.2, 0) is 26.2 Å². The van der Waals surface area contributed by atoms with Crippen molar-refractivity contribution in [1.82, 2.24) is 10.2 Å². The molecule has 0 fully saturated rings. The lowest BCUT2D eigenvalue weighted by Gasteiger charge is -2.31. The van der Waals surface area contributed by atoms with Gasteiger partial charge in [-0.15, -0.1) is 0 Å². The standard InChI is InChI=1S/C25H25Cl2N3O4S/c1-18(25(32)28-2)29(16-19-7-6-8-21(27)15-19)24(31)17-30(22-13-11-20(26)12-14-22)35(33,34)23-9-4-3-5-10-23/h3-15,18H,16-17H2,1-2H3,(H,28,32)/t18-/m0/s1. The highest BCUT2D eigenvalue weighted by atomic mass is 35.5. The lowest BCUT2D eigenvalue weighted by Crippen LogP contribution is -2.50. The van der Waals surface area contributed by atoms with Crippen LogP contribution >= 0.6 is 23.2 Å². The molecule has 1 atom stereocenters. The molecule has 0 saturated heterocycles. The summed E-state index contributed by atoms with van der Waals surface area (Å²) in [6.07, 6.45) is 0. The highest BCUT2D eigenvalue weighted by Crippen LogP contribution is 2.26. The Hall–Kier alpha value is -3.07. The molecule has 7 nitrogen and oxygen atoms in total. The lowest BCUT2D eigenvalue weighted by atomic mass is 10.1. The van der Waals surface area contributed by atoms with Gasteiger partial charge in [0.25, 0.3) is 10.0 Å². The summed E-state index contributed by atoms with van der Waals surface area (Å²) in [5.41, 5.74) is 0.965. The van der Waals surface area contributed by atoms with Crippen molar-refractivity contribution < 1.29 is 18.0 Å². The predicted octanol–water partition coefficient (Wildman–Crippen LogP) is 4.35. The monoisotopic (exact) mass is 533 g/mol. The minimum absolute atomic E-state index is 0.0310. The molecule has 0 aromatic heterocycles. The number of halogens is 2. The average molecular weight is 534 g/mol. The van der Waals surface area contributed by atoms with E-state index in [1.165, 1.54) is 36.2 Å². The highest BCUT2D eigenvalue weighted by molar-refractivity contribution is 7.92. The zero-order valence-electron chi connectivity index (χ0n) is 19.2. The van der Waals surface area contributed by atoms with E-state index >= 15 is 0 Å². The fraction of sp³-hybridized carbons (Fsp3) is 0.200. The molecule has 0 radical (unpaired) electrons. The van der Waals surface area contributed by atoms with Crippen LogP contribution in [0.4, 0.5) is 5.69 Å². The number of benzene rings is 3. The van der Waals surface area contributed by atoms with Gasteiger partial charge in [-0.05, 0) is 61.0 Å². The molecule has 0 bridgehead atoms. The van der Waals surface area contributed by atoms with Crippen LogP contribution in [0.15, 0.2) is 83.8 Å². The van der Waals surface area contributed by atoms with Crippen LogP contribution in [0.2, 0.25) is 10.0 Å². The Morgan fingerprint density at radius 3 is 2.17 bits per heavy atom. The Morgan fingerprint density at radius 1 is 0.914 bits per heavy atom. The van der Waals surface area contributed by atoms with E-state index in [1.807, 2.05) is 0 Å². The zero-order valence-corrected chi connectivity index (χ0v) is 21.5. The van der Waals surface area contributed by atoms with Crippen molar-refractivity contribution in [3.8, 4) is 0 Å². The molecule has 0 aliphatic heterocycles. The number of rotatable bonds is 9. The molecule has 0 heterocycles. The van der Waals surface area contributed by atoms with Gasteiger partial charge in [0.2, 0.25) is 11.8 Å². The minimum atomic E-state index is -4.11. The molecule has 3 rings (SSSR count). The van der Waals surface area contributed by atoms with E-state index in [0.717, 1.165) is 4.31 Å². The predicted molar refractivity (Wildman–Crippen MR) is 138 cm³/mol. The molecular weight excluding hydrogens is 509 g/mol. The summed E-state index contributed by atoms with van der Waals surface area (Å²) in [4.78, 5) is 27.4. The molecule has 184 valence electrons. The fourth-order valence-corrected chi connectivity index (χ4v) is 5.25. The van der Waals surface area contributed by atoms with Crippen LogP contribution in [0.3, 0.4) is 0 Å². The summed E-state index contributed by atoms with van der Waals surface area (Å²) < 4.78 is 28.1. The second kappa shape index (κ2) is 11.6. The number of sulfonamides is 1. The van der Waals surface area contributed by atoms with Gasteiger partial charge in [-0.2, -0.15) is 0 Å². The van der Waals surface area contributed by atoms with E-state index in [0.29, 0.717) is 15.6 Å². The molecular formula is C25H25Cl2N3O4S. The Morgan fingerprint density at radius 2 is 1.57 bits per heavy atom. The Labute approximate surface area is 215 Å². The van der Waals surface area contributed by atoms with Crippen molar-refractivity contribution in [3.05, 3.63) is 94.5 Å². The van der Waals surface area contributed by atoms with Crippen molar-refractivity contribution in [3.63, 3.8) is 0 Å². The van der Waals surface area contributed by atoms with Crippen LogP contribution in [-0.4, -0.2) is 44.8 Å². The first-order valence-corrected chi connectivity index (χ1v) is 12.9. The number of hydrogen-bond acceptors (Lipinski definition) is 4. The molecule has 0 saturated carbocycles. The summed E-state index contributed by atoms with van der Waals surface area (Å²) in [6, 6.07) is 20.0. The van der Waals surface area contributed by atoms with Crippen LogP contribution in [0, 0.1) is 0 Å². The quantitative estimate of drug-likeness (QED) is 0.442. The van der Waals surface area contributed by atoms with Gasteiger partial charge >= 0.3 is 0 Å². The Kier molecular flexibility index (Phi) is 8.77. The molecule has 35 heavy (non-hydrogen) atoms. The maximum atomic E-state index is 13.6. The van der Waals surface area contributed by atoms with Gasteiger partial charge in [0.1, 0.15) is 12.6 Å². The SMILES string of the molecule is CNC(=O)[C@H](C)N(Cc1cccc(Cl)c1)C(=O)CN(c1ccc(Cl)cc1)S(=O)(=O)c1ccccc1. The summed E-state index contributed by atoms with van der Waals surface area (Å²) in [6.45, 7) is 1.12. The third-order valence-corrected chi connectivity index (χ3v) is 7.66. The number of likely N-dealkylation sites (N-methyl/N-ethyl adjacent to an activating group) is 1. The topological polar surface area (TPSA) is 86.8 Å². The van der Waals surface area contributed by atoms with Crippen molar-refractivity contribution in [2.75, 3.05) is 17.9 Å². The summed E-state index contributed by atoms with van der Waals surface area (Å²) in [5, 5.41) is 3.45. The molecule has 0 spiro atoms. The van der Waals surface area contributed by atoms with Gasteiger partial charge in [-0.1, -0.05) is 53.5 Å². The molecule has 1 N–H and O–H groups in total. The molecule has 0 unspecified atom stereocenters. The molecule has 0 aliphatic rings. The van der Waals surface area contributed by atoms with Crippen LogP contribution in [0.5, 0.6) is 0 Å². The third kappa shape index (κ3) is 6.54. The van der Waals surface area contributed by atoms with Gasteiger partial charge in [-0.25, -0.2) is 8.42 Å². The van der Waals surface area contributed by atoms with Gasteiger partial charge in [0.05, 0.1) is 10.6 Å². The van der Waals surface area contributed by atoms with Crippen molar-refractivity contribution in [2.45, 2.75) is 24.4 Å². The van der Waals surface area contributed by atoms with E-state index < -0.39 is 28.5 Å². The van der Waals surface area contributed by atoms with Crippen molar-refractivity contribution >= 4 is 50.7 Å². The molecule has 3 aromatic carbocycles. The minimum Gasteiger partial charge on any atom is -0.357 e. The number of carbonyl (C=O) groups excluding carboxylic acids is 2. The number of anilines is 1. The lowest BCUT2D eigenvalue weighted by molar-refractivity contribution is -0.139. The normalized spacial score (nSPS) is 12.0. The maximum absolute atomic E-state index is 13.6. The Balaban J connectivity index is 2.01. The van der Waals surface area contributed by atoms with Crippen LogP contribution in [0.25, 0.3) is 0 Å². The highest BCUT2D eigenvalue weighted by Gasteiger charge is 2.32. The van der Waals surface area contributed by atoms with E-state index in [9.17, 15) is 18.0 Å². The molecule has 3 aromatic rings. The second-order valence-corrected chi connectivity index (χ2v) is 10.5. The van der Waals surface area contributed by atoms with Gasteiger partial charge in [0.15, 0.2) is 0 Å². The number of carbonyl (C=O) groups is 2. The van der Waals surface area contributed by atoms with E-state index in [4.69, 9.17) is 23.2 Å². The molecule has 0 aliphatic carbocycles. The average Bonchev–Trinajstić information content (AvgIpc) is 2.86. The first kappa shape index (κ1) is 26.5. The number of amides is 2. The second-order valence-electron chi connectivity index (χ2n) is 7.74. The van der Waals surface area contributed by atoms with Gasteiger partial charge < -0.3 is 10.2 Å².